The van der Waals surface area contributed by atoms with E-state index in [4.69, 9.17) is 4.74 Å². The van der Waals surface area contributed by atoms with Crippen molar-refractivity contribution < 1.29 is 14.3 Å². The van der Waals surface area contributed by atoms with Gasteiger partial charge in [0.2, 0.25) is 5.91 Å². The van der Waals surface area contributed by atoms with E-state index >= 15 is 0 Å². The highest BCUT2D eigenvalue weighted by molar-refractivity contribution is 7.99. The average Bonchev–Trinajstić information content (AvgIpc) is 2.80. The van der Waals surface area contributed by atoms with Crippen LogP contribution in [-0.4, -0.2) is 29.3 Å². The Morgan fingerprint density at radius 2 is 2.19 bits per heavy atom. The Morgan fingerprint density at radius 1 is 1.43 bits per heavy atom. The third-order valence-electron chi connectivity index (χ3n) is 3.01. The number of hydrogen-bond donors (Lipinski definition) is 1. The van der Waals surface area contributed by atoms with Crippen LogP contribution in [0.25, 0.3) is 0 Å². The van der Waals surface area contributed by atoms with Gasteiger partial charge in [-0.25, -0.2) is 4.79 Å². The predicted molar refractivity (Wildman–Crippen MR) is 84.3 cm³/mol. The molecule has 1 aliphatic heterocycles. The standard InChI is InChI=1S/C16H21NO3S/c1-16(2,3)20-15(19)12-6-4-5-11(9-12)10-21-13-7-8-17-14(13)18/h4-6,9,13H,7-8,10H2,1-3H3,(H,17,18)/t13-/m1/s1. The average molecular weight is 307 g/mol. The summed E-state index contributed by atoms with van der Waals surface area (Å²) < 4.78 is 5.36. The van der Waals surface area contributed by atoms with Gasteiger partial charge in [0.15, 0.2) is 0 Å². The topological polar surface area (TPSA) is 55.4 Å². The Balaban J connectivity index is 1.97. The molecule has 0 unspecified atom stereocenters. The number of esters is 1. The number of amides is 1. The fourth-order valence-corrected chi connectivity index (χ4v) is 3.14. The summed E-state index contributed by atoms with van der Waals surface area (Å²) in [7, 11) is 0. The molecule has 1 aromatic carbocycles. The molecule has 1 N–H and O–H groups in total. The molecule has 1 fully saturated rings. The second-order valence-electron chi connectivity index (χ2n) is 6.08. The predicted octanol–water partition coefficient (Wildman–Crippen LogP) is 2.76. The summed E-state index contributed by atoms with van der Waals surface area (Å²) >= 11 is 1.61. The first-order valence-electron chi connectivity index (χ1n) is 7.07. The Labute approximate surface area is 129 Å². The summed E-state index contributed by atoms with van der Waals surface area (Å²) in [5.74, 6) is 0.519. The van der Waals surface area contributed by atoms with E-state index in [0.29, 0.717) is 11.3 Å². The Morgan fingerprint density at radius 3 is 2.81 bits per heavy atom. The van der Waals surface area contributed by atoms with Crippen LogP contribution in [0.1, 0.15) is 43.1 Å². The lowest BCUT2D eigenvalue weighted by atomic mass is 10.1. The number of hydrogen-bond acceptors (Lipinski definition) is 4. The van der Waals surface area contributed by atoms with Crippen LogP contribution in [0.3, 0.4) is 0 Å². The van der Waals surface area contributed by atoms with Gasteiger partial charge in [0.05, 0.1) is 10.8 Å². The van der Waals surface area contributed by atoms with E-state index in [-0.39, 0.29) is 17.1 Å². The smallest absolute Gasteiger partial charge is 0.338 e. The first-order valence-corrected chi connectivity index (χ1v) is 8.12. The van der Waals surface area contributed by atoms with Crippen molar-refractivity contribution in [3.63, 3.8) is 0 Å². The summed E-state index contributed by atoms with van der Waals surface area (Å²) in [5, 5.41) is 2.85. The first-order chi connectivity index (χ1) is 9.85. The van der Waals surface area contributed by atoms with E-state index in [1.54, 1.807) is 17.8 Å². The summed E-state index contributed by atoms with van der Waals surface area (Å²) in [5.41, 5.74) is 1.09. The SMILES string of the molecule is CC(C)(C)OC(=O)c1cccc(CS[C@@H]2CCNC2=O)c1. The van der Waals surface area contributed by atoms with Crippen molar-refractivity contribution in [3.8, 4) is 0 Å². The number of rotatable bonds is 4. The molecule has 0 aliphatic carbocycles. The summed E-state index contributed by atoms with van der Waals surface area (Å²) in [4.78, 5) is 23.6. The lowest BCUT2D eigenvalue weighted by Crippen LogP contribution is -2.24. The van der Waals surface area contributed by atoms with Gasteiger partial charge in [-0.2, -0.15) is 0 Å². The molecule has 1 saturated heterocycles. The van der Waals surface area contributed by atoms with Crippen LogP contribution in [-0.2, 0) is 15.3 Å². The number of carbonyl (C=O) groups is 2. The second-order valence-corrected chi connectivity index (χ2v) is 7.27. The molecule has 21 heavy (non-hydrogen) atoms. The highest BCUT2D eigenvalue weighted by Crippen LogP contribution is 2.24. The van der Waals surface area contributed by atoms with Crippen LogP contribution >= 0.6 is 11.8 Å². The summed E-state index contributed by atoms with van der Waals surface area (Å²) in [6, 6.07) is 7.41. The van der Waals surface area contributed by atoms with Gasteiger partial charge in [0.25, 0.3) is 0 Å². The van der Waals surface area contributed by atoms with Crippen LogP contribution in [0.4, 0.5) is 0 Å². The van der Waals surface area contributed by atoms with Crippen molar-refractivity contribution in [3.05, 3.63) is 35.4 Å². The van der Waals surface area contributed by atoms with Gasteiger partial charge in [0.1, 0.15) is 5.60 Å². The maximum absolute atomic E-state index is 12.0. The van der Waals surface area contributed by atoms with Gasteiger partial charge in [-0.3, -0.25) is 4.79 Å². The summed E-state index contributed by atoms with van der Waals surface area (Å²) in [6.45, 7) is 6.31. The molecule has 1 amide bonds. The van der Waals surface area contributed by atoms with Crippen molar-refractivity contribution in [1.82, 2.24) is 5.32 Å². The van der Waals surface area contributed by atoms with Crippen molar-refractivity contribution in [2.45, 2.75) is 43.8 Å². The van der Waals surface area contributed by atoms with E-state index < -0.39 is 5.60 Å². The van der Waals surface area contributed by atoms with Gasteiger partial charge < -0.3 is 10.1 Å². The van der Waals surface area contributed by atoms with Crippen LogP contribution in [0.5, 0.6) is 0 Å². The van der Waals surface area contributed by atoms with Gasteiger partial charge >= 0.3 is 5.97 Å². The molecule has 0 aromatic heterocycles. The van der Waals surface area contributed by atoms with E-state index in [0.717, 1.165) is 18.5 Å². The molecule has 1 heterocycles. The van der Waals surface area contributed by atoms with Crippen LogP contribution < -0.4 is 5.32 Å². The molecular formula is C16H21NO3S. The fourth-order valence-electron chi connectivity index (χ4n) is 2.05. The largest absolute Gasteiger partial charge is 0.456 e. The van der Waals surface area contributed by atoms with E-state index in [1.165, 1.54) is 0 Å². The minimum atomic E-state index is -0.496. The molecule has 0 radical (unpaired) electrons. The molecule has 1 aromatic rings. The number of carbonyl (C=O) groups excluding carboxylic acids is 2. The summed E-state index contributed by atoms with van der Waals surface area (Å²) in [6.07, 6.45) is 0.870. The normalized spacial score (nSPS) is 18.4. The zero-order valence-corrected chi connectivity index (χ0v) is 13.5. The van der Waals surface area contributed by atoms with Crippen LogP contribution in [0, 0.1) is 0 Å². The Kier molecular flexibility index (Phi) is 4.93. The molecule has 4 nitrogen and oxygen atoms in total. The quantitative estimate of drug-likeness (QED) is 0.869. The van der Waals surface area contributed by atoms with Crippen LogP contribution in [0.2, 0.25) is 0 Å². The van der Waals surface area contributed by atoms with Crippen molar-refractivity contribution in [2.75, 3.05) is 6.54 Å². The zero-order valence-electron chi connectivity index (χ0n) is 12.6. The third-order valence-corrected chi connectivity index (χ3v) is 4.36. The molecule has 1 aliphatic rings. The Hall–Kier alpha value is -1.49. The highest BCUT2D eigenvalue weighted by Gasteiger charge is 2.24. The van der Waals surface area contributed by atoms with Crippen molar-refractivity contribution >= 4 is 23.6 Å². The zero-order chi connectivity index (χ0) is 15.5. The fraction of sp³-hybridized carbons (Fsp3) is 0.500. The maximum Gasteiger partial charge on any atom is 0.338 e. The monoisotopic (exact) mass is 307 g/mol. The molecule has 0 saturated carbocycles. The van der Waals surface area contributed by atoms with Gasteiger partial charge in [-0.05, 0) is 44.9 Å². The van der Waals surface area contributed by atoms with Crippen molar-refractivity contribution in [2.24, 2.45) is 0 Å². The van der Waals surface area contributed by atoms with Crippen LogP contribution in [0.15, 0.2) is 24.3 Å². The first kappa shape index (κ1) is 15.9. The van der Waals surface area contributed by atoms with Crippen molar-refractivity contribution in [1.29, 1.82) is 0 Å². The Bertz CT molecular complexity index is 537. The minimum absolute atomic E-state index is 0.0233. The lowest BCUT2D eigenvalue weighted by Gasteiger charge is -2.19. The van der Waals surface area contributed by atoms with E-state index in [9.17, 15) is 9.59 Å². The van der Waals surface area contributed by atoms with E-state index in [1.807, 2.05) is 39.0 Å². The number of ether oxygens (including phenoxy) is 1. The number of thioether (sulfide) groups is 1. The number of benzene rings is 1. The number of nitrogens with one attached hydrogen (secondary N) is 1. The van der Waals surface area contributed by atoms with Gasteiger partial charge in [0, 0.05) is 12.3 Å². The third kappa shape index (κ3) is 4.77. The molecule has 2 rings (SSSR count). The molecule has 5 heteroatoms. The minimum Gasteiger partial charge on any atom is -0.456 e. The van der Waals surface area contributed by atoms with Gasteiger partial charge in [-0.1, -0.05) is 12.1 Å². The molecule has 114 valence electrons. The molecule has 1 atom stereocenters. The lowest BCUT2D eigenvalue weighted by molar-refractivity contribution is -0.118. The molecule has 0 spiro atoms. The molecular weight excluding hydrogens is 286 g/mol. The van der Waals surface area contributed by atoms with E-state index in [2.05, 4.69) is 5.32 Å². The van der Waals surface area contributed by atoms with Gasteiger partial charge in [-0.15, -0.1) is 11.8 Å². The highest BCUT2D eigenvalue weighted by atomic mass is 32.2. The molecule has 0 bridgehead atoms. The second kappa shape index (κ2) is 6.52. The maximum atomic E-state index is 12.0.